The second-order valence-electron chi connectivity index (χ2n) is 7.75. The number of carbonyl (C=O) groups excluding carboxylic acids is 2. The quantitative estimate of drug-likeness (QED) is 0.545. The largest absolute Gasteiger partial charge is 0.465 e. The number of carbonyl (C=O) groups is 2. The molecule has 0 spiro atoms. The average Bonchev–Trinajstić information content (AvgIpc) is 3.13. The number of nitrogens with zero attached hydrogens (tertiary/aromatic N) is 2. The van der Waals surface area contributed by atoms with E-state index in [-0.39, 0.29) is 22.4 Å². The SMILES string of the molecule is COC(=O)c1c(-c2cc(C(C)(C)C)ccc2Cl)nn(-c2ccccc2)c1C(=O)OC. The molecule has 3 rings (SSSR count). The summed E-state index contributed by atoms with van der Waals surface area (Å²) < 4.78 is 11.3. The van der Waals surface area contributed by atoms with Gasteiger partial charge < -0.3 is 9.47 Å². The van der Waals surface area contributed by atoms with E-state index in [4.69, 9.17) is 21.1 Å². The Balaban J connectivity index is 2.40. The van der Waals surface area contributed by atoms with E-state index in [9.17, 15) is 9.59 Å². The zero-order valence-corrected chi connectivity index (χ0v) is 18.3. The maximum atomic E-state index is 12.8. The van der Waals surface area contributed by atoms with Crippen molar-refractivity contribution in [2.45, 2.75) is 26.2 Å². The first-order valence-corrected chi connectivity index (χ1v) is 9.72. The molecular formula is C23H23ClN2O4. The lowest BCUT2D eigenvalue weighted by Crippen LogP contribution is -2.15. The Morgan fingerprint density at radius 2 is 1.60 bits per heavy atom. The lowest BCUT2D eigenvalue weighted by Gasteiger charge is -2.20. The molecule has 7 heteroatoms. The highest BCUT2D eigenvalue weighted by Crippen LogP contribution is 2.36. The van der Waals surface area contributed by atoms with Crippen LogP contribution in [0.5, 0.6) is 0 Å². The van der Waals surface area contributed by atoms with Gasteiger partial charge in [-0.15, -0.1) is 0 Å². The molecule has 0 unspecified atom stereocenters. The van der Waals surface area contributed by atoms with Gasteiger partial charge in [0, 0.05) is 5.56 Å². The number of methoxy groups -OCH3 is 2. The second kappa shape index (κ2) is 8.32. The topological polar surface area (TPSA) is 70.4 Å². The van der Waals surface area contributed by atoms with E-state index in [0.717, 1.165) is 5.56 Å². The molecule has 0 bridgehead atoms. The molecule has 156 valence electrons. The standard InChI is InChI=1S/C23H23ClN2O4/c1-23(2,3)14-11-12-17(24)16(13-14)19-18(21(27)29-4)20(22(28)30-5)26(25-19)15-9-7-6-8-10-15/h6-13H,1-5H3. The van der Waals surface area contributed by atoms with Crippen LogP contribution < -0.4 is 0 Å². The molecule has 0 saturated carbocycles. The first kappa shape index (κ1) is 21.6. The summed E-state index contributed by atoms with van der Waals surface area (Å²) in [6, 6.07) is 14.6. The third-order valence-corrected chi connectivity index (χ3v) is 5.07. The second-order valence-corrected chi connectivity index (χ2v) is 8.15. The molecule has 0 amide bonds. The van der Waals surface area contributed by atoms with Gasteiger partial charge in [0.2, 0.25) is 0 Å². The normalized spacial score (nSPS) is 11.3. The molecule has 0 aliphatic heterocycles. The zero-order chi connectivity index (χ0) is 22.1. The van der Waals surface area contributed by atoms with Gasteiger partial charge in [0.25, 0.3) is 0 Å². The molecule has 0 aliphatic rings. The molecule has 0 saturated heterocycles. The van der Waals surface area contributed by atoms with Crippen molar-refractivity contribution in [3.63, 3.8) is 0 Å². The van der Waals surface area contributed by atoms with Gasteiger partial charge in [-0.3, -0.25) is 0 Å². The van der Waals surface area contributed by atoms with Crippen molar-refractivity contribution in [3.8, 4) is 16.9 Å². The molecule has 1 aromatic heterocycles. The van der Waals surface area contributed by atoms with Gasteiger partial charge in [0.1, 0.15) is 11.3 Å². The fourth-order valence-corrected chi connectivity index (χ4v) is 3.32. The van der Waals surface area contributed by atoms with Crippen molar-refractivity contribution >= 4 is 23.5 Å². The van der Waals surface area contributed by atoms with Gasteiger partial charge in [0.15, 0.2) is 5.69 Å². The fraction of sp³-hybridized carbons (Fsp3) is 0.261. The molecule has 0 aliphatic carbocycles. The summed E-state index contributed by atoms with van der Waals surface area (Å²) in [5.74, 6) is -1.41. The Hall–Kier alpha value is -3.12. The maximum absolute atomic E-state index is 12.8. The number of hydrogen-bond donors (Lipinski definition) is 0. The van der Waals surface area contributed by atoms with Crippen LogP contribution in [0.1, 0.15) is 47.2 Å². The van der Waals surface area contributed by atoms with E-state index in [1.807, 2.05) is 30.3 Å². The summed E-state index contributed by atoms with van der Waals surface area (Å²) in [7, 11) is 2.50. The van der Waals surface area contributed by atoms with E-state index >= 15 is 0 Å². The minimum atomic E-state index is -0.707. The molecule has 0 atom stereocenters. The highest BCUT2D eigenvalue weighted by Gasteiger charge is 2.32. The molecular weight excluding hydrogens is 404 g/mol. The molecule has 30 heavy (non-hydrogen) atoms. The van der Waals surface area contributed by atoms with Crippen LogP contribution in [0.3, 0.4) is 0 Å². The van der Waals surface area contributed by atoms with Crippen molar-refractivity contribution in [2.75, 3.05) is 14.2 Å². The van der Waals surface area contributed by atoms with Crippen molar-refractivity contribution in [3.05, 3.63) is 70.4 Å². The molecule has 1 heterocycles. The van der Waals surface area contributed by atoms with Crippen LogP contribution in [0, 0.1) is 0 Å². The summed E-state index contributed by atoms with van der Waals surface area (Å²) in [5.41, 5.74) is 2.21. The van der Waals surface area contributed by atoms with Crippen LogP contribution in [0.25, 0.3) is 16.9 Å². The molecule has 3 aromatic rings. The Labute approximate surface area is 180 Å². The van der Waals surface area contributed by atoms with Crippen LogP contribution >= 0.6 is 11.6 Å². The number of benzene rings is 2. The summed E-state index contributed by atoms with van der Waals surface area (Å²) >= 11 is 6.50. The Morgan fingerprint density at radius 1 is 0.967 bits per heavy atom. The number of hydrogen-bond acceptors (Lipinski definition) is 5. The lowest BCUT2D eigenvalue weighted by atomic mass is 9.85. The number of halogens is 1. The third kappa shape index (κ3) is 3.96. The van der Waals surface area contributed by atoms with Gasteiger partial charge in [0.05, 0.1) is 24.9 Å². The van der Waals surface area contributed by atoms with E-state index in [1.54, 1.807) is 18.2 Å². The molecule has 0 fully saturated rings. The van der Waals surface area contributed by atoms with Crippen LogP contribution in [-0.4, -0.2) is 35.9 Å². The van der Waals surface area contributed by atoms with E-state index < -0.39 is 11.9 Å². The van der Waals surface area contributed by atoms with Crippen LogP contribution in [0.15, 0.2) is 48.5 Å². The number of esters is 2. The van der Waals surface area contributed by atoms with Gasteiger partial charge in [-0.1, -0.05) is 56.6 Å². The number of rotatable bonds is 4. The van der Waals surface area contributed by atoms with Crippen molar-refractivity contribution < 1.29 is 19.1 Å². The number of aromatic nitrogens is 2. The average molecular weight is 427 g/mol. The Bertz CT molecular complexity index is 1100. The van der Waals surface area contributed by atoms with E-state index in [0.29, 0.717) is 16.3 Å². The highest BCUT2D eigenvalue weighted by molar-refractivity contribution is 6.33. The van der Waals surface area contributed by atoms with Crippen LogP contribution in [0.4, 0.5) is 0 Å². The van der Waals surface area contributed by atoms with Crippen molar-refractivity contribution in [1.82, 2.24) is 9.78 Å². The van der Waals surface area contributed by atoms with Crippen molar-refractivity contribution in [1.29, 1.82) is 0 Å². The van der Waals surface area contributed by atoms with E-state index in [2.05, 4.69) is 25.9 Å². The monoisotopic (exact) mass is 426 g/mol. The number of ether oxygens (including phenoxy) is 2. The van der Waals surface area contributed by atoms with E-state index in [1.165, 1.54) is 18.9 Å². The summed E-state index contributed by atoms with van der Waals surface area (Å²) in [6.45, 7) is 6.22. The predicted octanol–water partition coefficient (Wildman–Crippen LogP) is 5.06. The summed E-state index contributed by atoms with van der Waals surface area (Å²) in [4.78, 5) is 25.4. The lowest BCUT2D eigenvalue weighted by molar-refractivity contribution is 0.0549. The van der Waals surface area contributed by atoms with Crippen LogP contribution in [-0.2, 0) is 14.9 Å². The van der Waals surface area contributed by atoms with Gasteiger partial charge >= 0.3 is 11.9 Å². The third-order valence-electron chi connectivity index (χ3n) is 4.74. The molecule has 0 N–H and O–H groups in total. The van der Waals surface area contributed by atoms with Gasteiger partial charge in [-0.2, -0.15) is 5.10 Å². The minimum absolute atomic E-state index is 0.00108. The number of para-hydroxylation sites is 1. The smallest absolute Gasteiger partial charge is 0.357 e. The molecule has 0 radical (unpaired) electrons. The highest BCUT2D eigenvalue weighted by atomic mass is 35.5. The minimum Gasteiger partial charge on any atom is -0.465 e. The fourth-order valence-electron chi connectivity index (χ4n) is 3.12. The first-order chi connectivity index (χ1) is 14.2. The maximum Gasteiger partial charge on any atom is 0.357 e. The first-order valence-electron chi connectivity index (χ1n) is 9.34. The van der Waals surface area contributed by atoms with Gasteiger partial charge in [-0.25, -0.2) is 14.3 Å². The zero-order valence-electron chi connectivity index (χ0n) is 17.5. The molecule has 6 nitrogen and oxygen atoms in total. The van der Waals surface area contributed by atoms with Crippen LogP contribution in [0.2, 0.25) is 5.02 Å². The summed E-state index contributed by atoms with van der Waals surface area (Å²) in [6.07, 6.45) is 0. The van der Waals surface area contributed by atoms with Crippen molar-refractivity contribution in [2.24, 2.45) is 0 Å². The van der Waals surface area contributed by atoms with Gasteiger partial charge in [-0.05, 0) is 35.2 Å². The Kier molecular flexibility index (Phi) is 5.99. The Morgan fingerprint density at radius 3 is 2.17 bits per heavy atom. The summed E-state index contributed by atoms with van der Waals surface area (Å²) in [5, 5.41) is 5.01. The molecule has 2 aromatic carbocycles. The predicted molar refractivity (Wildman–Crippen MR) is 115 cm³/mol.